The van der Waals surface area contributed by atoms with Crippen LogP contribution in [0, 0.1) is 0 Å². The van der Waals surface area contributed by atoms with Gasteiger partial charge in [-0.05, 0) is 6.92 Å². The third kappa shape index (κ3) is 4.08. The van der Waals surface area contributed by atoms with Crippen LogP contribution in [-0.2, 0) is 20.6 Å². The van der Waals surface area contributed by atoms with Crippen molar-refractivity contribution in [1.82, 2.24) is 0 Å². The summed E-state index contributed by atoms with van der Waals surface area (Å²) in [6.07, 6.45) is 0.881. The molecule has 4 nitrogen and oxygen atoms in total. The first-order chi connectivity index (χ1) is 4.54. The molecule has 0 aromatic carbocycles. The molecule has 0 bridgehead atoms. The lowest BCUT2D eigenvalue weighted by molar-refractivity contribution is 0.626. The van der Waals surface area contributed by atoms with Gasteiger partial charge in [-0.1, -0.05) is 0 Å². The molecule has 0 spiro atoms. The van der Waals surface area contributed by atoms with Gasteiger partial charge >= 0.3 is 0 Å². The van der Waals surface area contributed by atoms with Crippen LogP contribution in [0.2, 0.25) is 0 Å². The van der Waals surface area contributed by atoms with Crippen LogP contribution in [0.4, 0.5) is 0 Å². The highest BCUT2D eigenvalue weighted by Gasteiger charge is 1.80. The van der Waals surface area contributed by atoms with Crippen molar-refractivity contribution in [3.63, 3.8) is 0 Å². The average Bonchev–Trinajstić information content (AvgIpc) is 1.82. The van der Waals surface area contributed by atoms with Crippen LogP contribution in [0.25, 0.3) is 0 Å². The highest BCUT2D eigenvalue weighted by Crippen LogP contribution is 1.67. The summed E-state index contributed by atoms with van der Waals surface area (Å²) in [6, 6.07) is 0. The second-order valence-corrected chi connectivity index (χ2v) is 3.16. The van der Waals surface area contributed by atoms with Gasteiger partial charge in [-0.15, -0.1) is 0 Å². The molecule has 0 aromatic heterocycles. The van der Waals surface area contributed by atoms with Crippen LogP contribution in [0.1, 0.15) is 6.92 Å². The van der Waals surface area contributed by atoms with Crippen LogP contribution in [0.5, 0.6) is 0 Å². The lowest BCUT2D eigenvalue weighted by Gasteiger charge is -1.69. The Hall–Kier alpha value is -0.840. The van der Waals surface area contributed by atoms with Gasteiger partial charge in [0.05, 0.1) is 4.86 Å². The first-order valence-corrected chi connectivity index (χ1v) is 4.30. The van der Waals surface area contributed by atoms with Crippen LogP contribution >= 0.6 is 0 Å². The normalized spacial score (nSPS) is 7.70. The second kappa shape index (κ2) is 4.05. The summed E-state index contributed by atoms with van der Waals surface area (Å²) >= 11 is 0. The maximum absolute atomic E-state index is 10.0. The number of hydrogen-bond donors (Lipinski definition) is 0. The fourth-order valence-corrected chi connectivity index (χ4v) is 0.682. The summed E-state index contributed by atoms with van der Waals surface area (Å²) in [5.41, 5.74) is 0. The standard InChI is InChI=1S/C4H4O4S2/c1-4(10(7)8)2-3-9(5)6/h2H,1H3. The predicted molar refractivity (Wildman–Crippen MR) is 38.1 cm³/mol. The molecule has 0 radical (unpaired) electrons. The van der Waals surface area contributed by atoms with Gasteiger partial charge in [-0.2, -0.15) is 16.8 Å². The molecular formula is C4H4O4S2. The molecule has 56 valence electrons. The van der Waals surface area contributed by atoms with Crippen molar-refractivity contribution in [2.45, 2.75) is 6.92 Å². The smallest absolute Gasteiger partial charge is 0.184 e. The first kappa shape index (κ1) is 9.16. The van der Waals surface area contributed by atoms with Crippen molar-refractivity contribution in [1.29, 1.82) is 0 Å². The molecular weight excluding hydrogens is 176 g/mol. The fourth-order valence-electron chi connectivity index (χ4n) is 0.179. The highest BCUT2D eigenvalue weighted by atomic mass is 32.2. The lowest BCUT2D eigenvalue weighted by Crippen LogP contribution is -1.84. The Morgan fingerprint density at radius 1 is 1.30 bits per heavy atom. The molecule has 0 amide bonds. The van der Waals surface area contributed by atoms with E-state index in [4.69, 9.17) is 0 Å². The summed E-state index contributed by atoms with van der Waals surface area (Å²) in [5.74, 6) is 0. The predicted octanol–water partition coefficient (Wildman–Crippen LogP) is -1.11. The van der Waals surface area contributed by atoms with Gasteiger partial charge in [0, 0.05) is 11.1 Å². The lowest BCUT2D eigenvalue weighted by atomic mass is 10.5. The fraction of sp³-hybridized carbons (Fsp3) is 0.250. The van der Waals surface area contributed by atoms with E-state index in [1.807, 2.05) is 0 Å². The molecule has 0 fully saturated rings. The Morgan fingerprint density at radius 3 is 2.10 bits per heavy atom. The number of allylic oxidation sites excluding steroid dienone is 1. The molecule has 0 saturated carbocycles. The molecule has 0 N–H and O–H groups in total. The zero-order chi connectivity index (χ0) is 8.15. The SMILES string of the molecule is CC(C=C=S(=O)=O)=S(=O)=O. The Morgan fingerprint density at radius 2 is 1.80 bits per heavy atom. The monoisotopic (exact) mass is 180 g/mol. The minimum atomic E-state index is -2.45. The molecule has 0 atom stereocenters. The van der Waals surface area contributed by atoms with Crippen molar-refractivity contribution in [3.05, 3.63) is 6.08 Å². The van der Waals surface area contributed by atoms with Crippen molar-refractivity contribution >= 4 is 30.5 Å². The van der Waals surface area contributed by atoms with E-state index in [0.717, 1.165) is 6.08 Å². The van der Waals surface area contributed by atoms with E-state index >= 15 is 0 Å². The first-order valence-electron chi connectivity index (χ1n) is 2.15. The van der Waals surface area contributed by atoms with E-state index in [9.17, 15) is 16.8 Å². The van der Waals surface area contributed by atoms with E-state index in [1.54, 1.807) is 5.02 Å². The van der Waals surface area contributed by atoms with Crippen LogP contribution in [0.15, 0.2) is 6.08 Å². The van der Waals surface area contributed by atoms with Gasteiger partial charge in [-0.3, -0.25) is 0 Å². The summed E-state index contributed by atoms with van der Waals surface area (Å²) in [7, 11) is -4.80. The van der Waals surface area contributed by atoms with Crippen molar-refractivity contribution < 1.29 is 16.8 Å². The molecule has 0 rings (SSSR count). The molecule has 0 saturated heterocycles. The Bertz CT molecular complexity index is 386. The van der Waals surface area contributed by atoms with Gasteiger partial charge in [-0.25, -0.2) is 0 Å². The van der Waals surface area contributed by atoms with E-state index in [1.165, 1.54) is 6.92 Å². The maximum Gasteiger partial charge on any atom is 0.260 e. The summed E-state index contributed by atoms with van der Waals surface area (Å²) < 4.78 is 39.5. The molecule has 0 heterocycles. The van der Waals surface area contributed by atoms with Crippen LogP contribution in [-0.4, -0.2) is 26.7 Å². The van der Waals surface area contributed by atoms with E-state index in [0.29, 0.717) is 0 Å². The molecule has 10 heavy (non-hydrogen) atoms. The van der Waals surface area contributed by atoms with Gasteiger partial charge in [0.25, 0.3) is 10.3 Å². The largest absolute Gasteiger partial charge is 0.260 e. The van der Waals surface area contributed by atoms with E-state index < -0.39 is 20.6 Å². The quantitative estimate of drug-likeness (QED) is 0.379. The van der Waals surface area contributed by atoms with Crippen LogP contribution < -0.4 is 0 Å². The van der Waals surface area contributed by atoms with E-state index in [-0.39, 0.29) is 4.86 Å². The van der Waals surface area contributed by atoms with E-state index in [2.05, 4.69) is 0 Å². The molecule has 0 aliphatic carbocycles. The zero-order valence-corrected chi connectivity index (χ0v) is 6.66. The molecule has 6 heteroatoms. The van der Waals surface area contributed by atoms with Crippen molar-refractivity contribution in [3.8, 4) is 0 Å². The molecule has 0 aliphatic rings. The Kier molecular flexibility index (Phi) is 3.71. The Labute approximate surface area is 60.9 Å². The van der Waals surface area contributed by atoms with Gasteiger partial charge in [0.2, 0.25) is 10.3 Å². The third-order valence-electron chi connectivity index (χ3n) is 0.621. The zero-order valence-electron chi connectivity index (χ0n) is 5.03. The molecule has 0 aliphatic heterocycles. The maximum atomic E-state index is 10.0. The minimum absolute atomic E-state index is 0.0656. The van der Waals surface area contributed by atoms with Crippen LogP contribution in [0.3, 0.4) is 0 Å². The molecule has 0 aromatic rings. The second-order valence-electron chi connectivity index (χ2n) is 1.34. The molecule has 0 unspecified atom stereocenters. The number of hydrogen-bond acceptors (Lipinski definition) is 4. The summed E-state index contributed by atoms with van der Waals surface area (Å²) in [4.78, 5) is -0.0656. The third-order valence-corrected chi connectivity index (χ3v) is 1.58. The minimum Gasteiger partial charge on any atom is -0.184 e. The number of rotatable bonds is 1. The average molecular weight is 180 g/mol. The highest BCUT2D eigenvalue weighted by molar-refractivity contribution is 7.74. The summed E-state index contributed by atoms with van der Waals surface area (Å²) in [5, 5.41) is 1.79. The topological polar surface area (TPSA) is 68.3 Å². The summed E-state index contributed by atoms with van der Waals surface area (Å²) in [6.45, 7) is 1.27. The van der Waals surface area contributed by atoms with Crippen molar-refractivity contribution in [2.75, 3.05) is 0 Å². The Balaban J connectivity index is 5.22. The van der Waals surface area contributed by atoms with Gasteiger partial charge < -0.3 is 0 Å². The van der Waals surface area contributed by atoms with Gasteiger partial charge in [0.1, 0.15) is 0 Å². The van der Waals surface area contributed by atoms with Gasteiger partial charge in [0.15, 0.2) is 0 Å². The van der Waals surface area contributed by atoms with Crippen molar-refractivity contribution in [2.24, 2.45) is 0 Å².